The first kappa shape index (κ1) is 17.4. The van der Waals surface area contributed by atoms with Crippen LogP contribution in [0.4, 0.5) is 0 Å². The third kappa shape index (κ3) is 4.37. The van der Waals surface area contributed by atoms with E-state index in [2.05, 4.69) is 0 Å². The second-order valence-corrected chi connectivity index (χ2v) is 7.10. The maximum atomic E-state index is 12.6. The minimum atomic E-state index is -0.230. The number of rotatable bonds is 6. The lowest BCUT2D eigenvalue weighted by atomic mass is 9.80. The fourth-order valence-electron chi connectivity index (χ4n) is 4.20. The van der Waals surface area contributed by atoms with Crippen molar-refractivity contribution in [3.8, 4) is 0 Å². The van der Waals surface area contributed by atoms with E-state index in [0.29, 0.717) is 19.6 Å². The molecule has 4 nitrogen and oxygen atoms in total. The Morgan fingerprint density at radius 1 is 1.12 bits per heavy atom. The number of nitrogens with zero attached hydrogens (tertiary/aromatic N) is 1. The van der Waals surface area contributed by atoms with Crippen molar-refractivity contribution in [3.63, 3.8) is 0 Å². The van der Waals surface area contributed by atoms with Crippen LogP contribution in [-0.4, -0.2) is 41.2 Å². The monoisotopic (exact) mass is 331 g/mol. The summed E-state index contributed by atoms with van der Waals surface area (Å²) in [6.45, 7) is 1.86. The standard InChI is InChI=1S/C20H29NO3/c22-19-11-5-4-9-17(19)18-10-6-13-21(18)20(23)12-14-24-15-16-7-2-1-3-8-16/h1-3,7-8,17-19,22H,4-6,9-15H2/t17-,18-,19-/m1/s1. The van der Waals surface area contributed by atoms with Gasteiger partial charge in [-0.2, -0.15) is 0 Å². The summed E-state index contributed by atoms with van der Waals surface area (Å²) in [4.78, 5) is 14.6. The third-order valence-electron chi connectivity index (χ3n) is 5.47. The van der Waals surface area contributed by atoms with Gasteiger partial charge in [-0.1, -0.05) is 43.2 Å². The highest BCUT2D eigenvalue weighted by Crippen LogP contribution is 2.34. The van der Waals surface area contributed by atoms with Gasteiger partial charge in [-0.25, -0.2) is 0 Å². The average Bonchev–Trinajstić information content (AvgIpc) is 3.09. The first-order valence-electron chi connectivity index (χ1n) is 9.35. The highest BCUT2D eigenvalue weighted by atomic mass is 16.5. The Labute approximate surface area is 144 Å². The van der Waals surface area contributed by atoms with E-state index in [1.807, 2.05) is 35.2 Å². The molecule has 1 aromatic carbocycles. The number of likely N-dealkylation sites (tertiary alicyclic amines) is 1. The van der Waals surface area contributed by atoms with Crippen LogP contribution in [0.25, 0.3) is 0 Å². The van der Waals surface area contributed by atoms with E-state index in [9.17, 15) is 9.90 Å². The number of carbonyl (C=O) groups excluding carboxylic acids is 1. The lowest BCUT2D eigenvalue weighted by Crippen LogP contribution is -2.45. The summed E-state index contributed by atoms with van der Waals surface area (Å²) >= 11 is 0. The molecule has 1 aromatic rings. The van der Waals surface area contributed by atoms with Crippen molar-refractivity contribution >= 4 is 5.91 Å². The third-order valence-corrected chi connectivity index (χ3v) is 5.47. The molecule has 3 atom stereocenters. The zero-order valence-corrected chi connectivity index (χ0v) is 14.4. The van der Waals surface area contributed by atoms with Gasteiger partial charge in [-0.15, -0.1) is 0 Å². The highest BCUT2D eigenvalue weighted by Gasteiger charge is 2.38. The smallest absolute Gasteiger partial charge is 0.225 e. The zero-order valence-electron chi connectivity index (χ0n) is 14.4. The van der Waals surface area contributed by atoms with Crippen molar-refractivity contribution in [3.05, 3.63) is 35.9 Å². The molecule has 0 unspecified atom stereocenters. The summed E-state index contributed by atoms with van der Waals surface area (Å²) in [5.41, 5.74) is 1.13. The van der Waals surface area contributed by atoms with Crippen molar-refractivity contribution in [2.24, 2.45) is 5.92 Å². The predicted octanol–water partition coefficient (Wildman–Crippen LogP) is 3.14. The van der Waals surface area contributed by atoms with E-state index in [-0.39, 0.29) is 24.0 Å². The minimum Gasteiger partial charge on any atom is -0.393 e. The quantitative estimate of drug-likeness (QED) is 0.815. The molecule has 0 aromatic heterocycles. The van der Waals surface area contributed by atoms with Crippen molar-refractivity contribution in [2.75, 3.05) is 13.2 Å². The van der Waals surface area contributed by atoms with Gasteiger partial charge < -0.3 is 14.7 Å². The van der Waals surface area contributed by atoms with Gasteiger partial charge in [0.2, 0.25) is 5.91 Å². The second kappa shape index (κ2) is 8.63. The van der Waals surface area contributed by atoms with Gasteiger partial charge >= 0.3 is 0 Å². The molecule has 0 bridgehead atoms. The molecule has 1 aliphatic carbocycles. The van der Waals surface area contributed by atoms with Gasteiger partial charge in [-0.3, -0.25) is 4.79 Å². The van der Waals surface area contributed by atoms with Gasteiger partial charge in [0.15, 0.2) is 0 Å². The number of benzene rings is 1. The van der Waals surface area contributed by atoms with Crippen LogP contribution in [-0.2, 0) is 16.1 Å². The molecule has 2 fully saturated rings. The molecule has 4 heteroatoms. The molecular weight excluding hydrogens is 302 g/mol. The topological polar surface area (TPSA) is 49.8 Å². The maximum absolute atomic E-state index is 12.6. The van der Waals surface area contributed by atoms with E-state index in [1.54, 1.807) is 0 Å². The predicted molar refractivity (Wildman–Crippen MR) is 93.4 cm³/mol. The van der Waals surface area contributed by atoms with Crippen LogP contribution in [0, 0.1) is 5.92 Å². The van der Waals surface area contributed by atoms with Crippen LogP contribution >= 0.6 is 0 Å². The van der Waals surface area contributed by atoms with Crippen molar-refractivity contribution in [1.82, 2.24) is 4.90 Å². The molecule has 24 heavy (non-hydrogen) atoms. The van der Waals surface area contributed by atoms with E-state index in [4.69, 9.17) is 4.74 Å². The van der Waals surface area contributed by atoms with E-state index < -0.39 is 0 Å². The van der Waals surface area contributed by atoms with Crippen LogP contribution in [0.2, 0.25) is 0 Å². The van der Waals surface area contributed by atoms with Gasteiger partial charge in [0.05, 0.1) is 25.7 Å². The molecule has 0 spiro atoms. The molecule has 1 heterocycles. The minimum absolute atomic E-state index is 0.184. The first-order valence-corrected chi connectivity index (χ1v) is 9.35. The van der Waals surface area contributed by atoms with E-state index >= 15 is 0 Å². The lowest BCUT2D eigenvalue weighted by Gasteiger charge is -2.37. The van der Waals surface area contributed by atoms with Crippen LogP contribution in [0.15, 0.2) is 30.3 Å². The molecule has 1 amide bonds. The second-order valence-electron chi connectivity index (χ2n) is 7.10. The average molecular weight is 331 g/mol. The van der Waals surface area contributed by atoms with Crippen LogP contribution < -0.4 is 0 Å². The Balaban J connectivity index is 1.45. The van der Waals surface area contributed by atoms with Crippen LogP contribution in [0.5, 0.6) is 0 Å². The Morgan fingerprint density at radius 2 is 1.92 bits per heavy atom. The molecule has 2 aliphatic rings. The largest absolute Gasteiger partial charge is 0.393 e. The van der Waals surface area contributed by atoms with Crippen molar-refractivity contribution < 1.29 is 14.6 Å². The normalized spacial score (nSPS) is 27.4. The summed E-state index contributed by atoms with van der Waals surface area (Å²) in [7, 11) is 0. The Morgan fingerprint density at radius 3 is 2.71 bits per heavy atom. The fourth-order valence-corrected chi connectivity index (χ4v) is 4.20. The summed E-state index contributed by atoms with van der Waals surface area (Å²) in [6, 6.07) is 10.3. The number of ether oxygens (including phenoxy) is 1. The molecular formula is C20H29NO3. The summed E-state index contributed by atoms with van der Waals surface area (Å²) < 4.78 is 5.65. The number of aliphatic hydroxyl groups is 1. The zero-order chi connectivity index (χ0) is 16.8. The maximum Gasteiger partial charge on any atom is 0.225 e. The van der Waals surface area contributed by atoms with Gasteiger partial charge in [0.25, 0.3) is 0 Å². The summed E-state index contributed by atoms with van der Waals surface area (Å²) in [6.07, 6.45) is 6.55. The van der Waals surface area contributed by atoms with E-state index in [0.717, 1.165) is 44.2 Å². The van der Waals surface area contributed by atoms with E-state index in [1.165, 1.54) is 6.42 Å². The SMILES string of the molecule is O=C(CCOCc1ccccc1)N1CCC[C@@H]1[C@H]1CCCC[C@H]1O. The molecule has 0 radical (unpaired) electrons. The number of aliphatic hydroxyl groups excluding tert-OH is 1. The van der Waals surface area contributed by atoms with Gasteiger partial charge in [0.1, 0.15) is 0 Å². The lowest BCUT2D eigenvalue weighted by molar-refractivity contribution is -0.135. The van der Waals surface area contributed by atoms with Crippen molar-refractivity contribution in [2.45, 2.75) is 63.7 Å². The molecule has 1 N–H and O–H groups in total. The summed E-state index contributed by atoms with van der Waals surface area (Å²) in [5.74, 6) is 0.457. The van der Waals surface area contributed by atoms with Crippen LogP contribution in [0.3, 0.4) is 0 Å². The molecule has 1 saturated carbocycles. The molecule has 1 aliphatic heterocycles. The van der Waals surface area contributed by atoms with Crippen molar-refractivity contribution in [1.29, 1.82) is 0 Å². The fraction of sp³-hybridized carbons (Fsp3) is 0.650. The number of carbonyl (C=O) groups is 1. The number of amides is 1. The summed E-state index contributed by atoms with van der Waals surface area (Å²) in [5, 5.41) is 10.3. The van der Waals surface area contributed by atoms with Gasteiger partial charge in [-0.05, 0) is 31.2 Å². The molecule has 132 valence electrons. The number of hydrogen-bond donors (Lipinski definition) is 1. The number of hydrogen-bond acceptors (Lipinski definition) is 3. The highest BCUT2D eigenvalue weighted by molar-refractivity contribution is 5.77. The van der Waals surface area contributed by atoms with Gasteiger partial charge in [0, 0.05) is 18.5 Å². The Bertz CT molecular complexity index is 519. The molecule has 1 saturated heterocycles. The Kier molecular flexibility index (Phi) is 6.27. The first-order chi connectivity index (χ1) is 11.8. The van der Waals surface area contributed by atoms with Crippen LogP contribution in [0.1, 0.15) is 50.5 Å². The Hall–Kier alpha value is -1.39. The molecule has 3 rings (SSSR count).